The van der Waals surface area contributed by atoms with Crippen LogP contribution in [-0.4, -0.2) is 22.6 Å². The minimum atomic E-state index is -3.65. The molecule has 6 nitrogen and oxygen atoms in total. The number of benzene rings is 1. The van der Waals surface area contributed by atoms with E-state index in [9.17, 15) is 8.42 Å². The summed E-state index contributed by atoms with van der Waals surface area (Å²) in [7, 11) is -3.65. The van der Waals surface area contributed by atoms with Crippen LogP contribution in [0.25, 0.3) is 0 Å². The molecule has 0 spiro atoms. The topological polar surface area (TPSA) is 90.9 Å². The highest BCUT2D eigenvalue weighted by atomic mass is 32.2. The molecule has 0 aliphatic heterocycles. The molecule has 0 bridgehead atoms. The van der Waals surface area contributed by atoms with E-state index in [4.69, 9.17) is 5.73 Å². The van der Waals surface area contributed by atoms with E-state index in [1.54, 1.807) is 12.1 Å². The van der Waals surface area contributed by atoms with Crippen molar-refractivity contribution in [3.05, 3.63) is 36.4 Å². The van der Waals surface area contributed by atoms with Gasteiger partial charge >= 0.3 is 0 Å². The molecule has 0 unspecified atom stereocenters. The Balaban J connectivity index is 1.99. The van der Waals surface area contributed by atoms with Crippen molar-refractivity contribution in [3.63, 3.8) is 0 Å². The summed E-state index contributed by atoms with van der Waals surface area (Å²) >= 11 is 0. The lowest BCUT2D eigenvalue weighted by atomic mass is 10.3. The molecule has 94 valence electrons. The summed E-state index contributed by atoms with van der Waals surface area (Å²) in [4.78, 5) is 4.19. The maximum atomic E-state index is 12.2. The normalized spacial score (nSPS) is 15.8. The fourth-order valence-corrected chi connectivity index (χ4v) is 2.71. The second kappa shape index (κ2) is 3.81. The molecule has 0 amide bonds. The lowest BCUT2D eigenvalue weighted by molar-refractivity contribution is 0.579. The number of nitrogen functional groups attached to an aromatic ring is 1. The average molecular weight is 264 g/mol. The summed E-state index contributed by atoms with van der Waals surface area (Å²) in [6.07, 6.45) is 3.32. The Morgan fingerprint density at radius 3 is 2.50 bits per heavy atom. The van der Waals surface area contributed by atoms with Crippen LogP contribution < -0.4 is 5.73 Å². The van der Waals surface area contributed by atoms with Crippen molar-refractivity contribution in [2.45, 2.75) is 23.7 Å². The molecule has 7 heteroatoms. The quantitative estimate of drug-likeness (QED) is 0.834. The second-order valence-corrected chi connectivity index (χ2v) is 6.12. The highest BCUT2D eigenvalue weighted by Crippen LogP contribution is 2.37. The van der Waals surface area contributed by atoms with Crippen molar-refractivity contribution >= 4 is 15.7 Å². The van der Waals surface area contributed by atoms with Gasteiger partial charge in [0.1, 0.15) is 6.33 Å². The molecule has 18 heavy (non-hydrogen) atoms. The average Bonchev–Trinajstić information content (AvgIpc) is 3.07. The van der Waals surface area contributed by atoms with Crippen molar-refractivity contribution in [3.8, 4) is 0 Å². The van der Waals surface area contributed by atoms with E-state index >= 15 is 0 Å². The van der Waals surface area contributed by atoms with Gasteiger partial charge in [-0.15, -0.1) is 9.19 Å². The number of nitrogens with zero attached hydrogens (tertiary/aromatic N) is 3. The predicted octanol–water partition coefficient (Wildman–Crippen LogP) is 0.975. The van der Waals surface area contributed by atoms with Gasteiger partial charge in [-0.1, -0.05) is 0 Å². The van der Waals surface area contributed by atoms with Gasteiger partial charge < -0.3 is 5.73 Å². The number of hydrogen-bond acceptors (Lipinski definition) is 5. The molecule has 1 fully saturated rings. The first-order valence-electron chi connectivity index (χ1n) is 5.60. The van der Waals surface area contributed by atoms with Gasteiger partial charge in [0.15, 0.2) is 5.82 Å². The third kappa shape index (κ3) is 1.86. The summed E-state index contributed by atoms with van der Waals surface area (Å²) in [5.41, 5.74) is 6.05. The van der Waals surface area contributed by atoms with Crippen LogP contribution in [0, 0.1) is 0 Å². The van der Waals surface area contributed by atoms with E-state index in [2.05, 4.69) is 10.1 Å². The van der Waals surface area contributed by atoms with E-state index in [0.717, 1.165) is 16.9 Å². The Bertz CT molecular complexity index is 671. The molecular weight excluding hydrogens is 252 g/mol. The lowest BCUT2D eigenvalue weighted by Gasteiger charge is -2.03. The molecule has 2 aromatic rings. The van der Waals surface area contributed by atoms with Gasteiger partial charge in [-0.05, 0) is 37.1 Å². The summed E-state index contributed by atoms with van der Waals surface area (Å²) in [5, 5.41) is 4.03. The Labute approximate surface area is 105 Å². The van der Waals surface area contributed by atoms with Gasteiger partial charge in [-0.3, -0.25) is 0 Å². The third-order valence-corrected chi connectivity index (χ3v) is 4.39. The maximum Gasteiger partial charge on any atom is 0.284 e. The predicted molar refractivity (Wildman–Crippen MR) is 65.4 cm³/mol. The first kappa shape index (κ1) is 11.2. The highest BCUT2D eigenvalue weighted by Gasteiger charge is 2.29. The minimum absolute atomic E-state index is 0.156. The SMILES string of the molecule is Nc1ccc(S(=O)(=O)n2cnc(C3CC3)n2)cc1. The standard InChI is InChI=1S/C11H12N4O2S/c12-9-3-5-10(6-4-9)18(16,17)15-7-13-11(14-15)8-1-2-8/h3-8H,1-2,12H2. The summed E-state index contributed by atoms with van der Waals surface area (Å²) in [6, 6.07) is 6.02. The molecule has 1 aliphatic rings. The van der Waals surface area contributed by atoms with E-state index in [0.29, 0.717) is 17.4 Å². The fraction of sp³-hybridized carbons (Fsp3) is 0.273. The van der Waals surface area contributed by atoms with E-state index in [1.165, 1.54) is 18.5 Å². The van der Waals surface area contributed by atoms with Crippen LogP contribution >= 0.6 is 0 Å². The van der Waals surface area contributed by atoms with Crippen molar-refractivity contribution in [1.82, 2.24) is 14.2 Å². The molecular formula is C11H12N4O2S. The van der Waals surface area contributed by atoms with Gasteiger partial charge in [0.25, 0.3) is 10.0 Å². The highest BCUT2D eigenvalue weighted by molar-refractivity contribution is 7.89. The first-order chi connectivity index (χ1) is 8.57. The number of anilines is 1. The summed E-state index contributed by atoms with van der Waals surface area (Å²) in [5.74, 6) is 0.932. The Hall–Kier alpha value is -1.89. The van der Waals surface area contributed by atoms with Gasteiger partial charge in [-0.25, -0.2) is 4.98 Å². The minimum Gasteiger partial charge on any atom is -0.399 e. The van der Waals surface area contributed by atoms with Crippen molar-refractivity contribution < 1.29 is 8.42 Å². The van der Waals surface area contributed by atoms with Crippen LogP contribution in [0.5, 0.6) is 0 Å². The molecule has 0 atom stereocenters. The van der Waals surface area contributed by atoms with Crippen molar-refractivity contribution in [2.24, 2.45) is 0 Å². The zero-order chi connectivity index (χ0) is 12.8. The van der Waals surface area contributed by atoms with E-state index < -0.39 is 10.0 Å². The summed E-state index contributed by atoms with van der Waals surface area (Å²) < 4.78 is 25.4. The van der Waals surface area contributed by atoms with Crippen LogP contribution in [0.4, 0.5) is 5.69 Å². The smallest absolute Gasteiger partial charge is 0.284 e. The van der Waals surface area contributed by atoms with Gasteiger partial charge in [-0.2, -0.15) is 8.42 Å². The van der Waals surface area contributed by atoms with Crippen LogP contribution in [0.2, 0.25) is 0 Å². The zero-order valence-corrected chi connectivity index (χ0v) is 10.3. The largest absolute Gasteiger partial charge is 0.399 e. The number of aromatic nitrogens is 3. The Morgan fingerprint density at radius 2 is 1.89 bits per heavy atom. The van der Waals surface area contributed by atoms with Crippen molar-refractivity contribution in [2.75, 3.05) is 5.73 Å². The monoisotopic (exact) mass is 264 g/mol. The number of rotatable bonds is 3. The summed E-state index contributed by atoms with van der Waals surface area (Å²) in [6.45, 7) is 0. The first-order valence-corrected chi connectivity index (χ1v) is 7.04. The number of hydrogen-bond donors (Lipinski definition) is 1. The third-order valence-electron chi connectivity index (χ3n) is 2.86. The van der Waals surface area contributed by atoms with Gasteiger partial charge in [0, 0.05) is 11.6 Å². The Morgan fingerprint density at radius 1 is 1.22 bits per heavy atom. The second-order valence-electron chi connectivity index (χ2n) is 4.32. The molecule has 1 heterocycles. The molecule has 0 radical (unpaired) electrons. The number of nitrogens with two attached hydrogens (primary N) is 1. The zero-order valence-electron chi connectivity index (χ0n) is 9.52. The molecule has 2 N–H and O–H groups in total. The van der Waals surface area contributed by atoms with E-state index in [1.807, 2.05) is 0 Å². The molecule has 3 rings (SSSR count). The fourth-order valence-electron chi connectivity index (χ4n) is 1.65. The molecule has 0 saturated heterocycles. The van der Waals surface area contributed by atoms with Crippen molar-refractivity contribution in [1.29, 1.82) is 0 Å². The van der Waals surface area contributed by atoms with Gasteiger partial charge in [0.05, 0.1) is 4.90 Å². The van der Waals surface area contributed by atoms with Crippen LogP contribution in [0.15, 0.2) is 35.5 Å². The maximum absolute atomic E-state index is 12.2. The molecule has 1 aliphatic carbocycles. The molecule has 1 saturated carbocycles. The molecule has 1 aromatic heterocycles. The van der Waals surface area contributed by atoms with E-state index in [-0.39, 0.29) is 4.90 Å². The Kier molecular flexibility index (Phi) is 2.37. The van der Waals surface area contributed by atoms with Gasteiger partial charge in [0.2, 0.25) is 0 Å². The van der Waals surface area contributed by atoms with Crippen LogP contribution in [0.1, 0.15) is 24.6 Å². The lowest BCUT2D eigenvalue weighted by Crippen LogP contribution is -2.13. The van der Waals surface area contributed by atoms with Crippen LogP contribution in [-0.2, 0) is 10.0 Å². The van der Waals surface area contributed by atoms with Crippen LogP contribution in [0.3, 0.4) is 0 Å². The molecule has 1 aromatic carbocycles.